The van der Waals surface area contributed by atoms with E-state index < -0.39 is 53.7 Å². The number of hydrogen-bond donors (Lipinski definition) is 4. The van der Waals surface area contributed by atoms with E-state index in [0.717, 1.165) is 5.56 Å². The third-order valence-corrected chi connectivity index (χ3v) is 7.26. The lowest BCUT2D eigenvalue weighted by atomic mass is 9.92. The van der Waals surface area contributed by atoms with E-state index in [0.29, 0.717) is 18.5 Å². The van der Waals surface area contributed by atoms with Crippen molar-refractivity contribution in [3.63, 3.8) is 0 Å². The highest BCUT2D eigenvalue weighted by molar-refractivity contribution is 6.02. The third kappa shape index (κ3) is 12.1. The Morgan fingerprint density at radius 2 is 1.64 bits per heavy atom. The quantitative estimate of drug-likeness (QED) is 0.221. The number of alkyl carbamates (subject to hydrolysis) is 1. The largest absolute Gasteiger partial charge is 0.445 e. The molecule has 0 radical (unpaired) electrons. The summed E-state index contributed by atoms with van der Waals surface area (Å²) < 4.78 is 11.4. The normalized spacial score (nSPS) is 18.1. The fourth-order valence-electron chi connectivity index (χ4n) is 4.95. The number of rotatable bonds is 15. The molecule has 1 aromatic rings. The Bertz CT molecular complexity index is 1180. The molecule has 1 aliphatic rings. The zero-order valence-electron chi connectivity index (χ0n) is 27.3. The van der Waals surface area contributed by atoms with Crippen LogP contribution in [0.4, 0.5) is 4.79 Å². The molecule has 44 heavy (non-hydrogen) atoms. The minimum atomic E-state index is -1.19. The number of amides is 4. The molecule has 11 nitrogen and oxygen atoms in total. The molecule has 1 fully saturated rings. The molecule has 1 heterocycles. The minimum absolute atomic E-state index is 0.00332. The number of Topliss-reactive ketones (excluding diaryl/α,β-unsaturated/α-hetero) is 1. The number of benzene rings is 1. The monoisotopic (exact) mass is 614 g/mol. The highest BCUT2D eigenvalue weighted by Gasteiger charge is 2.36. The zero-order valence-corrected chi connectivity index (χ0v) is 27.3. The van der Waals surface area contributed by atoms with Gasteiger partial charge in [0.2, 0.25) is 17.7 Å². The van der Waals surface area contributed by atoms with Crippen molar-refractivity contribution in [3.05, 3.63) is 47.5 Å². The second-order valence-electron chi connectivity index (χ2n) is 12.7. The van der Waals surface area contributed by atoms with Gasteiger partial charge in [-0.25, -0.2) is 4.79 Å². The molecular formula is C33H50N4O7. The molecule has 0 spiro atoms. The van der Waals surface area contributed by atoms with Crippen molar-refractivity contribution < 1.29 is 33.4 Å². The van der Waals surface area contributed by atoms with Gasteiger partial charge in [0.1, 0.15) is 18.7 Å². The first-order valence-electron chi connectivity index (χ1n) is 15.3. The fraction of sp³-hybridized carbons (Fsp3) is 0.606. The van der Waals surface area contributed by atoms with Crippen LogP contribution < -0.4 is 21.3 Å². The number of carbonyl (C=O) groups is 5. The smallest absolute Gasteiger partial charge is 0.408 e. The molecule has 5 atom stereocenters. The lowest BCUT2D eigenvalue weighted by molar-refractivity contribution is -0.136. The fourth-order valence-corrected chi connectivity index (χ4v) is 4.95. The van der Waals surface area contributed by atoms with Crippen molar-refractivity contribution >= 4 is 29.6 Å². The van der Waals surface area contributed by atoms with Crippen LogP contribution in [-0.2, 0) is 35.3 Å². The van der Waals surface area contributed by atoms with Crippen LogP contribution in [-0.4, -0.2) is 66.0 Å². The maximum atomic E-state index is 13.7. The molecule has 2 rings (SSSR count). The van der Waals surface area contributed by atoms with Crippen molar-refractivity contribution in [3.8, 4) is 0 Å². The molecule has 1 aromatic carbocycles. The standard InChI is InChI=1S/C33H50N4O7/c1-9-21(4)28(38)25(18-24-15-16-34-29(24)39)35-30(40)26(17-20(2)3)36-31(41)27(22(5)44-33(6,7)8)37-32(42)43-19-23-13-11-10-12-14-23/h9-14,20,22,24-27H,15-19H2,1-8H3,(H,34,39)(H,35,40)(H,36,41)(H,37,42)/b21-9+/t22?,24-,25-,26-,27-/m0/s1. The Kier molecular flexibility index (Phi) is 14.0. The number of ketones is 1. The van der Waals surface area contributed by atoms with E-state index in [1.54, 1.807) is 26.8 Å². The summed E-state index contributed by atoms with van der Waals surface area (Å²) in [4.78, 5) is 65.6. The number of ether oxygens (including phenoxy) is 2. The molecule has 1 unspecified atom stereocenters. The Hall–Kier alpha value is -3.73. The van der Waals surface area contributed by atoms with E-state index in [1.165, 1.54) is 0 Å². The van der Waals surface area contributed by atoms with Gasteiger partial charge in [0.15, 0.2) is 5.78 Å². The predicted octanol–water partition coefficient (Wildman–Crippen LogP) is 3.56. The summed E-state index contributed by atoms with van der Waals surface area (Å²) >= 11 is 0. The van der Waals surface area contributed by atoms with Crippen LogP contribution in [0.15, 0.2) is 42.0 Å². The van der Waals surface area contributed by atoms with Gasteiger partial charge in [-0.1, -0.05) is 50.3 Å². The Morgan fingerprint density at radius 1 is 1.00 bits per heavy atom. The van der Waals surface area contributed by atoms with Crippen LogP contribution in [0, 0.1) is 11.8 Å². The molecule has 11 heteroatoms. The van der Waals surface area contributed by atoms with Gasteiger partial charge in [-0.15, -0.1) is 0 Å². The van der Waals surface area contributed by atoms with E-state index in [9.17, 15) is 24.0 Å². The van der Waals surface area contributed by atoms with Gasteiger partial charge in [0.25, 0.3) is 0 Å². The minimum Gasteiger partial charge on any atom is -0.445 e. The topological polar surface area (TPSA) is 152 Å². The maximum Gasteiger partial charge on any atom is 0.408 e. The van der Waals surface area contributed by atoms with Crippen molar-refractivity contribution in [2.24, 2.45) is 11.8 Å². The van der Waals surface area contributed by atoms with Crippen molar-refractivity contribution in [2.45, 2.75) is 111 Å². The average Bonchev–Trinajstić information content (AvgIpc) is 3.36. The van der Waals surface area contributed by atoms with Crippen LogP contribution in [0.2, 0.25) is 0 Å². The van der Waals surface area contributed by atoms with Crippen LogP contribution in [0.5, 0.6) is 0 Å². The summed E-state index contributed by atoms with van der Waals surface area (Å²) in [5, 5.41) is 11.0. The SMILES string of the molecule is C/C=C(\C)C(=O)[C@H](C[C@@H]1CCNC1=O)NC(=O)[C@H](CC(C)C)NC(=O)[C@@H](NC(=O)OCc1ccccc1)C(C)OC(C)(C)C. The maximum absolute atomic E-state index is 13.7. The van der Waals surface area contributed by atoms with Gasteiger partial charge >= 0.3 is 6.09 Å². The Morgan fingerprint density at radius 3 is 2.18 bits per heavy atom. The van der Waals surface area contributed by atoms with Gasteiger partial charge in [0.05, 0.1) is 17.7 Å². The molecule has 4 N–H and O–H groups in total. The lowest BCUT2D eigenvalue weighted by Gasteiger charge is -2.32. The molecule has 0 bridgehead atoms. The molecule has 0 saturated carbocycles. The van der Waals surface area contributed by atoms with Gasteiger partial charge < -0.3 is 30.7 Å². The molecule has 1 aliphatic heterocycles. The zero-order chi connectivity index (χ0) is 33.0. The lowest BCUT2D eigenvalue weighted by Crippen LogP contribution is -2.59. The molecular weight excluding hydrogens is 564 g/mol. The first kappa shape index (κ1) is 36.5. The second-order valence-corrected chi connectivity index (χ2v) is 12.7. The van der Waals surface area contributed by atoms with E-state index in [-0.39, 0.29) is 37.1 Å². The van der Waals surface area contributed by atoms with Crippen molar-refractivity contribution in [1.29, 1.82) is 0 Å². The summed E-state index contributed by atoms with van der Waals surface area (Å²) in [5.74, 6) is -2.03. The van der Waals surface area contributed by atoms with E-state index in [2.05, 4.69) is 21.3 Å². The van der Waals surface area contributed by atoms with E-state index >= 15 is 0 Å². The Balaban J connectivity index is 2.25. The van der Waals surface area contributed by atoms with Gasteiger partial charge in [0, 0.05) is 12.5 Å². The average molecular weight is 615 g/mol. The molecule has 1 saturated heterocycles. The molecule has 0 aromatic heterocycles. The van der Waals surface area contributed by atoms with Crippen LogP contribution in [0.25, 0.3) is 0 Å². The number of nitrogens with one attached hydrogen (secondary N) is 4. The number of hydrogen-bond acceptors (Lipinski definition) is 7. The highest BCUT2D eigenvalue weighted by Crippen LogP contribution is 2.19. The number of allylic oxidation sites excluding steroid dienone is 1. The van der Waals surface area contributed by atoms with E-state index in [1.807, 2.05) is 65.0 Å². The third-order valence-electron chi connectivity index (χ3n) is 7.26. The summed E-state index contributed by atoms with van der Waals surface area (Å²) in [6, 6.07) is 5.98. The molecule has 4 amide bonds. The molecule has 0 aliphatic carbocycles. The van der Waals surface area contributed by atoms with Gasteiger partial charge in [-0.3, -0.25) is 19.2 Å². The van der Waals surface area contributed by atoms with Crippen molar-refractivity contribution in [1.82, 2.24) is 21.3 Å². The highest BCUT2D eigenvalue weighted by atomic mass is 16.6. The first-order chi connectivity index (χ1) is 20.6. The van der Waals surface area contributed by atoms with Gasteiger partial charge in [-0.05, 0) is 77.9 Å². The predicted molar refractivity (Wildman–Crippen MR) is 167 cm³/mol. The van der Waals surface area contributed by atoms with Crippen LogP contribution in [0.1, 0.15) is 80.2 Å². The summed E-state index contributed by atoms with van der Waals surface area (Å²) in [5.41, 5.74) is 0.612. The summed E-state index contributed by atoms with van der Waals surface area (Å²) in [7, 11) is 0. The van der Waals surface area contributed by atoms with E-state index in [4.69, 9.17) is 9.47 Å². The number of carbonyl (C=O) groups excluding carboxylic acids is 5. The summed E-state index contributed by atoms with van der Waals surface area (Å²) in [6.45, 7) is 14.9. The van der Waals surface area contributed by atoms with Crippen LogP contribution >= 0.6 is 0 Å². The van der Waals surface area contributed by atoms with Crippen molar-refractivity contribution in [2.75, 3.05) is 6.54 Å². The Labute approximate surface area is 261 Å². The molecule has 244 valence electrons. The second kappa shape index (κ2) is 16.9. The first-order valence-corrected chi connectivity index (χ1v) is 15.3. The van der Waals surface area contributed by atoms with Crippen LogP contribution in [0.3, 0.4) is 0 Å². The summed E-state index contributed by atoms with van der Waals surface area (Å²) in [6.07, 6.45) is 1.05. The van der Waals surface area contributed by atoms with Gasteiger partial charge in [-0.2, -0.15) is 0 Å².